The summed E-state index contributed by atoms with van der Waals surface area (Å²) in [5.41, 5.74) is 1.46. The van der Waals surface area contributed by atoms with Crippen molar-refractivity contribution in [1.82, 2.24) is 9.55 Å². The molecule has 3 nitrogen and oxygen atoms in total. The van der Waals surface area contributed by atoms with Gasteiger partial charge in [0.2, 0.25) is 0 Å². The molecule has 0 unspecified atom stereocenters. The molecule has 1 aromatic heterocycles. The lowest BCUT2D eigenvalue weighted by atomic mass is 10.2. The lowest BCUT2D eigenvalue weighted by Gasteiger charge is -2.11. The molecule has 1 heterocycles. The first-order valence-electron chi connectivity index (χ1n) is 5.71. The average molecular weight is 233 g/mol. The number of para-hydroxylation sites is 1. The Morgan fingerprint density at radius 1 is 1.41 bits per heavy atom. The van der Waals surface area contributed by atoms with Crippen molar-refractivity contribution in [2.24, 2.45) is 0 Å². The van der Waals surface area contributed by atoms with Gasteiger partial charge in [0.15, 0.2) is 0 Å². The van der Waals surface area contributed by atoms with E-state index >= 15 is 0 Å². The third kappa shape index (κ3) is 2.46. The monoisotopic (exact) mass is 233 g/mol. The number of hydrogen-bond donors (Lipinski definition) is 1. The van der Waals surface area contributed by atoms with Crippen molar-refractivity contribution in [3.05, 3.63) is 47.8 Å². The lowest BCUT2D eigenvalue weighted by Crippen LogP contribution is -2.09. The smallest absolute Gasteiger partial charge is 0.146 e. The Labute approximate surface area is 100 Å². The largest absolute Gasteiger partial charge is 0.375 e. The molecule has 1 aromatic carbocycles. The molecule has 0 atom stereocenters. The number of aromatic nitrogens is 2. The van der Waals surface area contributed by atoms with Gasteiger partial charge in [0.05, 0.1) is 12.2 Å². The topological polar surface area (TPSA) is 29.9 Å². The molecule has 90 valence electrons. The number of halogens is 1. The Balaban J connectivity index is 2.13. The third-order valence-electron chi connectivity index (χ3n) is 2.79. The van der Waals surface area contributed by atoms with Gasteiger partial charge in [-0.25, -0.2) is 9.37 Å². The minimum absolute atomic E-state index is 0.223. The van der Waals surface area contributed by atoms with Crippen LogP contribution in [0.25, 0.3) is 0 Å². The van der Waals surface area contributed by atoms with E-state index in [1.165, 1.54) is 6.07 Å². The van der Waals surface area contributed by atoms with Crippen LogP contribution in [0.15, 0.2) is 30.6 Å². The summed E-state index contributed by atoms with van der Waals surface area (Å²) in [7, 11) is 0. The molecule has 0 aliphatic heterocycles. The van der Waals surface area contributed by atoms with Crippen molar-refractivity contribution in [1.29, 1.82) is 0 Å². The molecule has 0 aliphatic carbocycles. The molecule has 0 saturated heterocycles. The molecule has 2 rings (SSSR count). The summed E-state index contributed by atoms with van der Waals surface area (Å²) in [6, 6.07) is 5.06. The first-order chi connectivity index (χ1) is 8.22. The Bertz CT molecular complexity index is 485. The first-order valence-corrected chi connectivity index (χ1v) is 5.71. The zero-order valence-electron chi connectivity index (χ0n) is 10.1. The zero-order valence-corrected chi connectivity index (χ0v) is 10.1. The van der Waals surface area contributed by atoms with E-state index in [0.29, 0.717) is 12.2 Å². The van der Waals surface area contributed by atoms with E-state index in [1.54, 1.807) is 12.3 Å². The SMILES string of the molecule is CCn1ccnc1CNc1c(C)cccc1F. The summed E-state index contributed by atoms with van der Waals surface area (Å²) >= 11 is 0. The number of imidazole rings is 1. The highest BCUT2D eigenvalue weighted by atomic mass is 19.1. The molecule has 0 amide bonds. The molecule has 0 spiro atoms. The van der Waals surface area contributed by atoms with Crippen LogP contribution in [0.5, 0.6) is 0 Å². The van der Waals surface area contributed by atoms with Crippen LogP contribution < -0.4 is 5.32 Å². The molecule has 0 bridgehead atoms. The van der Waals surface area contributed by atoms with Crippen LogP contribution in [0.2, 0.25) is 0 Å². The van der Waals surface area contributed by atoms with Crippen molar-refractivity contribution in [2.45, 2.75) is 26.9 Å². The van der Waals surface area contributed by atoms with Crippen LogP contribution in [0.4, 0.5) is 10.1 Å². The van der Waals surface area contributed by atoms with Gasteiger partial charge >= 0.3 is 0 Å². The van der Waals surface area contributed by atoms with Crippen LogP contribution in [0.1, 0.15) is 18.3 Å². The van der Waals surface area contributed by atoms with Gasteiger partial charge in [0, 0.05) is 18.9 Å². The Kier molecular flexibility index (Phi) is 3.42. The van der Waals surface area contributed by atoms with Crippen LogP contribution in [-0.2, 0) is 13.1 Å². The van der Waals surface area contributed by atoms with Gasteiger partial charge in [-0.2, -0.15) is 0 Å². The molecule has 1 N–H and O–H groups in total. The summed E-state index contributed by atoms with van der Waals surface area (Å²) in [6.45, 7) is 5.34. The molecular formula is C13H16FN3. The normalized spacial score (nSPS) is 10.5. The number of rotatable bonds is 4. The van der Waals surface area contributed by atoms with E-state index in [1.807, 2.05) is 23.8 Å². The number of nitrogens with zero attached hydrogens (tertiary/aromatic N) is 2. The predicted octanol–water partition coefficient (Wildman–Crippen LogP) is 2.96. The number of hydrogen-bond acceptors (Lipinski definition) is 2. The van der Waals surface area contributed by atoms with E-state index in [4.69, 9.17) is 0 Å². The summed E-state index contributed by atoms with van der Waals surface area (Å²) in [5, 5.41) is 3.10. The van der Waals surface area contributed by atoms with Gasteiger partial charge in [-0.15, -0.1) is 0 Å². The second-order valence-corrected chi connectivity index (χ2v) is 3.91. The van der Waals surface area contributed by atoms with Gasteiger partial charge in [-0.05, 0) is 25.5 Å². The zero-order chi connectivity index (χ0) is 12.3. The molecule has 0 radical (unpaired) electrons. The van der Waals surface area contributed by atoms with Gasteiger partial charge < -0.3 is 9.88 Å². The first kappa shape index (κ1) is 11.6. The Hall–Kier alpha value is -1.84. The van der Waals surface area contributed by atoms with Gasteiger partial charge in [-0.1, -0.05) is 12.1 Å². The fourth-order valence-electron chi connectivity index (χ4n) is 1.82. The standard InChI is InChI=1S/C13H16FN3/c1-3-17-8-7-15-12(17)9-16-13-10(2)5-4-6-11(13)14/h4-8,16H,3,9H2,1-2H3. The Morgan fingerprint density at radius 3 is 2.94 bits per heavy atom. The molecular weight excluding hydrogens is 217 g/mol. The van der Waals surface area contributed by atoms with Crippen LogP contribution in [-0.4, -0.2) is 9.55 Å². The predicted molar refractivity (Wildman–Crippen MR) is 66.4 cm³/mol. The van der Waals surface area contributed by atoms with Gasteiger partial charge in [-0.3, -0.25) is 0 Å². The van der Waals surface area contributed by atoms with Gasteiger partial charge in [0.1, 0.15) is 11.6 Å². The molecule has 4 heteroatoms. The van der Waals surface area contributed by atoms with Crippen LogP contribution in [0, 0.1) is 12.7 Å². The number of benzene rings is 1. The van der Waals surface area contributed by atoms with Crippen LogP contribution >= 0.6 is 0 Å². The Morgan fingerprint density at radius 2 is 2.24 bits per heavy atom. The maximum Gasteiger partial charge on any atom is 0.146 e. The highest BCUT2D eigenvalue weighted by Gasteiger charge is 2.06. The fourth-order valence-corrected chi connectivity index (χ4v) is 1.82. The third-order valence-corrected chi connectivity index (χ3v) is 2.79. The lowest BCUT2D eigenvalue weighted by molar-refractivity contribution is 0.627. The summed E-state index contributed by atoms with van der Waals surface area (Å²) < 4.78 is 15.6. The molecule has 2 aromatic rings. The van der Waals surface area contributed by atoms with Gasteiger partial charge in [0.25, 0.3) is 0 Å². The highest BCUT2D eigenvalue weighted by Crippen LogP contribution is 2.19. The minimum atomic E-state index is -0.223. The van der Waals surface area contributed by atoms with Crippen molar-refractivity contribution in [3.63, 3.8) is 0 Å². The maximum atomic E-state index is 13.6. The fraction of sp³-hybridized carbons (Fsp3) is 0.308. The van der Waals surface area contributed by atoms with Crippen molar-refractivity contribution in [3.8, 4) is 0 Å². The van der Waals surface area contributed by atoms with E-state index in [9.17, 15) is 4.39 Å². The van der Waals surface area contributed by atoms with E-state index in [0.717, 1.165) is 17.9 Å². The second kappa shape index (κ2) is 4.99. The van der Waals surface area contributed by atoms with Crippen molar-refractivity contribution in [2.75, 3.05) is 5.32 Å². The molecule has 0 aliphatic rings. The maximum absolute atomic E-state index is 13.6. The van der Waals surface area contributed by atoms with E-state index < -0.39 is 0 Å². The van der Waals surface area contributed by atoms with E-state index in [2.05, 4.69) is 17.2 Å². The summed E-state index contributed by atoms with van der Waals surface area (Å²) in [4.78, 5) is 4.24. The highest BCUT2D eigenvalue weighted by molar-refractivity contribution is 5.51. The molecule has 17 heavy (non-hydrogen) atoms. The second-order valence-electron chi connectivity index (χ2n) is 3.91. The van der Waals surface area contributed by atoms with Crippen molar-refractivity contribution < 1.29 is 4.39 Å². The number of anilines is 1. The number of aryl methyl sites for hydroxylation is 2. The number of nitrogens with one attached hydrogen (secondary N) is 1. The molecule has 0 saturated carbocycles. The minimum Gasteiger partial charge on any atom is -0.375 e. The molecule has 0 fully saturated rings. The van der Waals surface area contributed by atoms with E-state index in [-0.39, 0.29) is 5.82 Å². The average Bonchev–Trinajstić information content (AvgIpc) is 2.76. The van der Waals surface area contributed by atoms with Crippen molar-refractivity contribution >= 4 is 5.69 Å². The quantitative estimate of drug-likeness (QED) is 0.879. The van der Waals surface area contributed by atoms with Crippen LogP contribution in [0.3, 0.4) is 0 Å². The summed E-state index contributed by atoms with van der Waals surface area (Å²) in [6.07, 6.45) is 3.68. The summed E-state index contributed by atoms with van der Waals surface area (Å²) in [5.74, 6) is 0.690.